The van der Waals surface area contributed by atoms with E-state index in [0.29, 0.717) is 49.6 Å². The minimum absolute atomic E-state index is 0.0194. The minimum atomic E-state index is -1.03. The van der Waals surface area contributed by atoms with E-state index >= 15 is 0 Å². The summed E-state index contributed by atoms with van der Waals surface area (Å²) in [6.45, 7) is 3.37. The van der Waals surface area contributed by atoms with Crippen molar-refractivity contribution in [3.05, 3.63) is 93.3 Å². The Balaban J connectivity index is 1.09. The van der Waals surface area contributed by atoms with Crippen molar-refractivity contribution in [3.63, 3.8) is 0 Å². The molecule has 10 unspecified atom stereocenters. The zero-order valence-corrected chi connectivity index (χ0v) is 35.5. The highest BCUT2D eigenvalue weighted by Crippen LogP contribution is 2.49. The van der Waals surface area contributed by atoms with Crippen molar-refractivity contribution in [2.75, 3.05) is 18.8 Å². The van der Waals surface area contributed by atoms with E-state index in [-0.39, 0.29) is 42.5 Å². The van der Waals surface area contributed by atoms with Crippen LogP contribution in [0.4, 0.5) is 0 Å². The number of ether oxygens (including phenoxy) is 2. The third-order valence-corrected chi connectivity index (χ3v) is 16.5. The Bertz CT molecular complexity index is 2350. The van der Waals surface area contributed by atoms with Crippen LogP contribution in [-0.4, -0.2) is 64.1 Å². The van der Waals surface area contributed by atoms with Crippen molar-refractivity contribution in [1.82, 2.24) is 5.32 Å². The summed E-state index contributed by atoms with van der Waals surface area (Å²) in [5, 5.41) is 37.5. The van der Waals surface area contributed by atoms with Crippen molar-refractivity contribution in [2.24, 2.45) is 33.9 Å². The molecule has 7 heterocycles. The van der Waals surface area contributed by atoms with Gasteiger partial charge in [-0.3, -0.25) is 20.0 Å². The van der Waals surface area contributed by atoms with Gasteiger partial charge in [-0.2, -0.15) is 0 Å². The number of benzene rings is 2. The monoisotopic (exact) mass is 845 g/mol. The van der Waals surface area contributed by atoms with E-state index in [1.54, 1.807) is 21.6 Å². The normalized spacial score (nSPS) is 32.2. The van der Waals surface area contributed by atoms with Gasteiger partial charge < -0.3 is 30.5 Å². The summed E-state index contributed by atoms with van der Waals surface area (Å²) in [4.78, 5) is 19.7. The van der Waals surface area contributed by atoms with E-state index in [1.165, 1.54) is 5.56 Å². The third kappa shape index (κ3) is 7.37. The van der Waals surface area contributed by atoms with Gasteiger partial charge in [-0.1, -0.05) is 89.5 Å². The first-order chi connectivity index (χ1) is 29.2. The number of nitrogens with zero attached hydrogens (tertiary/aromatic N) is 1. The maximum Gasteiger partial charge on any atom is 0.252 e. The Morgan fingerprint density at radius 3 is 2.82 bits per heavy atom. The number of carbonyl (C=O) groups is 1. The Morgan fingerprint density at radius 2 is 1.97 bits per heavy atom. The van der Waals surface area contributed by atoms with Gasteiger partial charge in [0.05, 0.1) is 29.4 Å². The van der Waals surface area contributed by atoms with Gasteiger partial charge in [-0.25, -0.2) is 0 Å². The van der Waals surface area contributed by atoms with Crippen LogP contribution in [0.2, 0.25) is 0 Å². The third-order valence-electron chi connectivity index (χ3n) is 14.1. The standard InChI is InChI=1S/C48H52N4O6S2/c1-27-4-8-33(41(55)18-27)42(56)20-31(53)7-5-28-6-13-43-45-37(28)26-60-59-25-30-22-51-46(49)34-10-9-32-35(44(30)34)19-29-21-50-39-24-52(23-36(29)39)47(58-45)38(11-12-40(32)54)48(16-17-57-43)14-2-3-15-48/h4,6,8-10,13,21,23,27,30,33,38,40-42,46-47,51,54-56H,2-3,5,7,14-15,18-20,22,24-26,49H2,1H3/p+1. The predicted molar refractivity (Wildman–Crippen MR) is 234 cm³/mol. The number of rotatable bonds is 6. The van der Waals surface area contributed by atoms with Gasteiger partial charge in [-0.05, 0) is 71.1 Å². The number of Topliss-reactive ketones (excluding diaryl/α,β-unsaturated/α-hetero) is 1. The van der Waals surface area contributed by atoms with Crippen molar-refractivity contribution < 1.29 is 34.5 Å². The molecule has 1 saturated carbocycles. The number of aryl methyl sites for hydroxylation is 1. The van der Waals surface area contributed by atoms with Crippen LogP contribution in [0.5, 0.6) is 11.5 Å². The molecule has 12 heteroatoms. The Hall–Kier alpha value is -3.82. The van der Waals surface area contributed by atoms with Crippen molar-refractivity contribution in [2.45, 2.75) is 107 Å². The topological polar surface area (TPSA) is 151 Å². The second kappa shape index (κ2) is 16.5. The maximum atomic E-state index is 13.6. The molecule has 10 nitrogen and oxygen atoms in total. The zero-order chi connectivity index (χ0) is 41.1. The van der Waals surface area contributed by atoms with Crippen molar-refractivity contribution in [1.29, 1.82) is 0 Å². The van der Waals surface area contributed by atoms with E-state index < -0.39 is 35.9 Å². The number of aliphatic hydroxyl groups excluding tert-OH is 3. The van der Waals surface area contributed by atoms with Gasteiger partial charge in [0.15, 0.2) is 11.5 Å². The van der Waals surface area contributed by atoms with E-state index in [9.17, 15) is 20.1 Å². The molecule has 312 valence electrons. The molecule has 7 N–H and O–H groups in total. The maximum absolute atomic E-state index is 13.6. The first-order valence-corrected chi connectivity index (χ1v) is 24.1. The first kappa shape index (κ1) is 40.3. The number of nitrogens with two attached hydrogens (primary N) is 1. The van der Waals surface area contributed by atoms with Crippen molar-refractivity contribution >= 4 is 33.1 Å². The van der Waals surface area contributed by atoms with Crippen molar-refractivity contribution in [3.8, 4) is 35.4 Å². The summed E-state index contributed by atoms with van der Waals surface area (Å²) in [7, 11) is 3.55. The SMILES string of the molecule is CC1C=CC(C(O)CC(=O)CCc2ccc3c4c2CSSCC2CNC(N)c5ccc6c(c52)CC2=CN=C5C[NH+](C=C25)C(O4)C(C#CC6O)C2(C#CO3)CCCC2)C(O)C1. The molecule has 2 aliphatic carbocycles. The quantitative estimate of drug-likeness (QED) is 0.137. The lowest BCUT2D eigenvalue weighted by atomic mass is 9.73. The molecule has 8 bridgehead atoms. The van der Waals surface area contributed by atoms with Gasteiger partial charge in [-0.15, -0.1) is 0 Å². The number of aliphatic hydroxyl groups is 3. The number of ketones is 1. The fourth-order valence-electron chi connectivity index (χ4n) is 10.9. The highest BCUT2D eigenvalue weighted by Gasteiger charge is 2.51. The fraction of sp³-hybridized carbons (Fsp3) is 0.500. The molecule has 2 aromatic rings. The lowest BCUT2D eigenvalue weighted by Gasteiger charge is -2.36. The average Bonchev–Trinajstić information content (AvgIpc) is 3.98. The van der Waals surface area contributed by atoms with Gasteiger partial charge in [0.1, 0.15) is 42.4 Å². The highest BCUT2D eigenvalue weighted by atomic mass is 33.1. The van der Waals surface area contributed by atoms with E-state index in [0.717, 1.165) is 81.0 Å². The lowest BCUT2D eigenvalue weighted by molar-refractivity contribution is -0.888. The zero-order valence-electron chi connectivity index (χ0n) is 33.9. The number of hydrogen-bond donors (Lipinski definition) is 6. The predicted octanol–water partition coefficient (Wildman–Crippen LogP) is 4.70. The largest absolute Gasteiger partial charge is 0.437 e. The van der Waals surface area contributed by atoms with Gasteiger partial charge in [0.2, 0.25) is 0 Å². The molecule has 11 rings (SSSR count). The number of hydrogen-bond acceptors (Lipinski definition) is 11. The summed E-state index contributed by atoms with van der Waals surface area (Å²) in [6.07, 6.45) is 13.4. The molecular formula is C48H53N4O6S2+. The summed E-state index contributed by atoms with van der Waals surface area (Å²) < 4.78 is 13.9. The minimum Gasteiger partial charge on any atom is -0.437 e. The van der Waals surface area contributed by atoms with Gasteiger partial charge in [0.25, 0.3) is 6.23 Å². The molecule has 9 aliphatic rings. The number of aliphatic imine (C=N–C) groups is 1. The number of quaternary nitrogens is 1. The molecular weight excluding hydrogens is 793 g/mol. The van der Waals surface area contributed by atoms with Gasteiger partial charge in [0, 0.05) is 60.9 Å². The van der Waals surface area contributed by atoms with Crippen LogP contribution in [0.3, 0.4) is 0 Å². The molecule has 0 aromatic heterocycles. The molecule has 0 amide bonds. The molecule has 2 aromatic carbocycles. The van der Waals surface area contributed by atoms with Crippen LogP contribution < -0.4 is 25.4 Å². The smallest absolute Gasteiger partial charge is 0.252 e. The van der Waals surface area contributed by atoms with Crippen LogP contribution in [0.1, 0.15) is 103 Å². The first-order valence-electron chi connectivity index (χ1n) is 21.6. The summed E-state index contributed by atoms with van der Waals surface area (Å²) in [5.41, 5.74) is 15.6. The van der Waals surface area contributed by atoms with Crippen LogP contribution in [0.15, 0.2) is 65.0 Å². The van der Waals surface area contributed by atoms with Crippen LogP contribution >= 0.6 is 21.6 Å². The Labute approximate surface area is 359 Å². The van der Waals surface area contributed by atoms with Crippen LogP contribution in [0.25, 0.3) is 0 Å². The number of carbonyl (C=O) groups excluding carboxylic acids is 1. The molecule has 1 fully saturated rings. The lowest BCUT2D eigenvalue weighted by Crippen LogP contribution is -3.13. The van der Waals surface area contributed by atoms with E-state index in [4.69, 9.17) is 20.2 Å². The van der Waals surface area contributed by atoms with Crippen LogP contribution in [0, 0.1) is 47.0 Å². The van der Waals surface area contributed by atoms with Gasteiger partial charge >= 0.3 is 0 Å². The number of allylic oxidation sites excluding steroid dienone is 2. The molecule has 7 aliphatic heterocycles. The highest BCUT2D eigenvalue weighted by molar-refractivity contribution is 8.76. The summed E-state index contributed by atoms with van der Waals surface area (Å²) in [6, 6.07) is 8.05. The summed E-state index contributed by atoms with van der Waals surface area (Å²) >= 11 is 0. The Kier molecular flexibility index (Phi) is 11.1. The Morgan fingerprint density at radius 1 is 1.12 bits per heavy atom. The van der Waals surface area contributed by atoms with E-state index in [2.05, 4.69) is 41.5 Å². The molecule has 60 heavy (non-hydrogen) atoms. The average molecular weight is 846 g/mol. The second-order valence-electron chi connectivity index (χ2n) is 18.0. The number of fused-ring (bicyclic) bond motifs is 4. The summed E-state index contributed by atoms with van der Waals surface area (Å²) in [5.74, 6) is 12.7. The molecule has 0 saturated heterocycles. The second-order valence-corrected chi connectivity index (χ2v) is 20.5. The fourth-order valence-corrected chi connectivity index (χ4v) is 13.3. The van der Waals surface area contributed by atoms with E-state index in [1.807, 2.05) is 43.5 Å². The molecule has 10 atom stereocenters. The van der Waals surface area contributed by atoms with Crippen LogP contribution in [-0.2, 0) is 23.4 Å². The number of nitrogens with one attached hydrogen (secondary N) is 2. The molecule has 0 radical (unpaired) electrons. The molecule has 1 spiro atoms.